The summed E-state index contributed by atoms with van der Waals surface area (Å²) in [6, 6.07) is 8.69. The SMILES string of the molecule is O=C(Nc1cccnc1)c1cccc(Br)n1. The third-order valence-corrected chi connectivity index (χ3v) is 2.31. The number of nitrogens with zero attached hydrogens (tertiary/aromatic N) is 2. The van der Waals surface area contributed by atoms with E-state index in [2.05, 4.69) is 31.2 Å². The van der Waals surface area contributed by atoms with E-state index in [1.807, 2.05) is 0 Å². The highest BCUT2D eigenvalue weighted by Gasteiger charge is 2.07. The molecule has 0 radical (unpaired) electrons. The van der Waals surface area contributed by atoms with E-state index in [0.717, 1.165) is 0 Å². The molecule has 5 heteroatoms. The van der Waals surface area contributed by atoms with E-state index in [-0.39, 0.29) is 5.91 Å². The Hall–Kier alpha value is -1.75. The summed E-state index contributed by atoms with van der Waals surface area (Å²) in [5.74, 6) is -0.255. The van der Waals surface area contributed by atoms with Gasteiger partial charge in [-0.25, -0.2) is 4.98 Å². The Labute approximate surface area is 101 Å². The van der Waals surface area contributed by atoms with Crippen molar-refractivity contribution in [1.82, 2.24) is 9.97 Å². The van der Waals surface area contributed by atoms with Crippen LogP contribution in [0, 0.1) is 0 Å². The van der Waals surface area contributed by atoms with Gasteiger partial charge in [0.2, 0.25) is 0 Å². The summed E-state index contributed by atoms with van der Waals surface area (Å²) in [6.07, 6.45) is 3.23. The van der Waals surface area contributed by atoms with Gasteiger partial charge in [0.05, 0.1) is 11.9 Å². The summed E-state index contributed by atoms with van der Waals surface area (Å²) in [7, 11) is 0. The van der Waals surface area contributed by atoms with Crippen molar-refractivity contribution in [3.05, 3.63) is 53.0 Å². The van der Waals surface area contributed by atoms with Crippen molar-refractivity contribution in [3.63, 3.8) is 0 Å². The van der Waals surface area contributed by atoms with E-state index >= 15 is 0 Å². The second kappa shape index (κ2) is 4.85. The van der Waals surface area contributed by atoms with E-state index in [4.69, 9.17) is 0 Å². The maximum atomic E-state index is 11.7. The summed E-state index contributed by atoms with van der Waals surface area (Å²) in [5, 5.41) is 2.70. The van der Waals surface area contributed by atoms with E-state index in [1.165, 1.54) is 0 Å². The fourth-order valence-corrected chi connectivity index (χ4v) is 1.51. The van der Waals surface area contributed by atoms with Crippen LogP contribution in [-0.2, 0) is 0 Å². The van der Waals surface area contributed by atoms with Crippen LogP contribution in [0.1, 0.15) is 10.5 Å². The zero-order chi connectivity index (χ0) is 11.4. The molecule has 2 heterocycles. The van der Waals surface area contributed by atoms with Gasteiger partial charge in [-0.1, -0.05) is 6.07 Å². The number of aromatic nitrogens is 2. The van der Waals surface area contributed by atoms with Crippen LogP contribution in [0.15, 0.2) is 47.3 Å². The van der Waals surface area contributed by atoms with Crippen molar-refractivity contribution in [2.45, 2.75) is 0 Å². The molecular formula is C11H8BrN3O. The normalized spacial score (nSPS) is 9.81. The van der Waals surface area contributed by atoms with Gasteiger partial charge in [-0.2, -0.15) is 0 Å². The van der Waals surface area contributed by atoms with Crippen molar-refractivity contribution in [1.29, 1.82) is 0 Å². The van der Waals surface area contributed by atoms with Gasteiger partial charge in [-0.15, -0.1) is 0 Å². The lowest BCUT2D eigenvalue weighted by atomic mass is 10.3. The molecule has 0 aliphatic rings. The molecule has 0 unspecified atom stereocenters. The maximum Gasteiger partial charge on any atom is 0.274 e. The fraction of sp³-hybridized carbons (Fsp3) is 0. The molecule has 0 atom stereocenters. The number of pyridine rings is 2. The molecule has 1 N–H and O–H groups in total. The van der Waals surface area contributed by atoms with Gasteiger partial charge in [-0.05, 0) is 40.2 Å². The molecule has 0 bridgehead atoms. The van der Waals surface area contributed by atoms with Crippen LogP contribution in [0.2, 0.25) is 0 Å². The van der Waals surface area contributed by atoms with Crippen LogP contribution in [0.5, 0.6) is 0 Å². The number of rotatable bonds is 2. The molecule has 0 aliphatic carbocycles. The summed E-state index contributed by atoms with van der Waals surface area (Å²) < 4.78 is 0.631. The number of nitrogens with one attached hydrogen (secondary N) is 1. The summed E-state index contributed by atoms with van der Waals surface area (Å²) in [6.45, 7) is 0. The molecule has 2 aromatic rings. The number of anilines is 1. The molecular weight excluding hydrogens is 270 g/mol. The monoisotopic (exact) mass is 277 g/mol. The largest absolute Gasteiger partial charge is 0.319 e. The zero-order valence-electron chi connectivity index (χ0n) is 8.22. The van der Waals surface area contributed by atoms with Crippen molar-refractivity contribution in [2.24, 2.45) is 0 Å². The highest BCUT2D eigenvalue weighted by atomic mass is 79.9. The lowest BCUT2D eigenvalue weighted by Crippen LogP contribution is -2.13. The molecule has 4 nitrogen and oxygen atoms in total. The highest BCUT2D eigenvalue weighted by Crippen LogP contribution is 2.09. The van der Waals surface area contributed by atoms with E-state index in [0.29, 0.717) is 16.0 Å². The summed E-state index contributed by atoms with van der Waals surface area (Å²) in [5.41, 5.74) is 1.01. The lowest BCUT2D eigenvalue weighted by Gasteiger charge is -2.03. The lowest BCUT2D eigenvalue weighted by molar-refractivity contribution is 0.102. The van der Waals surface area contributed by atoms with Crippen molar-refractivity contribution >= 4 is 27.5 Å². The molecule has 80 valence electrons. The number of hydrogen-bond acceptors (Lipinski definition) is 3. The van der Waals surface area contributed by atoms with Gasteiger partial charge >= 0.3 is 0 Å². The van der Waals surface area contributed by atoms with E-state index in [1.54, 1.807) is 42.7 Å². The van der Waals surface area contributed by atoms with Gasteiger partial charge in [0, 0.05) is 6.20 Å². The maximum absolute atomic E-state index is 11.7. The van der Waals surface area contributed by atoms with Gasteiger partial charge < -0.3 is 5.32 Å². The van der Waals surface area contributed by atoms with E-state index < -0.39 is 0 Å². The van der Waals surface area contributed by atoms with Crippen molar-refractivity contribution in [2.75, 3.05) is 5.32 Å². The van der Waals surface area contributed by atoms with Crippen LogP contribution >= 0.6 is 15.9 Å². The van der Waals surface area contributed by atoms with Crippen LogP contribution < -0.4 is 5.32 Å². The van der Waals surface area contributed by atoms with E-state index in [9.17, 15) is 4.79 Å². The predicted octanol–water partition coefficient (Wildman–Crippen LogP) is 2.49. The van der Waals surface area contributed by atoms with Gasteiger partial charge in [0.1, 0.15) is 10.3 Å². The average molecular weight is 278 g/mol. The molecule has 2 rings (SSSR count). The first-order chi connectivity index (χ1) is 7.75. The summed E-state index contributed by atoms with van der Waals surface area (Å²) in [4.78, 5) is 19.7. The molecule has 0 spiro atoms. The third kappa shape index (κ3) is 2.64. The minimum Gasteiger partial charge on any atom is -0.319 e. The first-order valence-corrected chi connectivity index (χ1v) is 5.39. The standard InChI is InChI=1S/C11H8BrN3O/c12-10-5-1-4-9(15-10)11(16)14-8-3-2-6-13-7-8/h1-7H,(H,14,16). The highest BCUT2D eigenvalue weighted by molar-refractivity contribution is 9.10. The number of hydrogen-bond donors (Lipinski definition) is 1. The topological polar surface area (TPSA) is 54.9 Å². The molecule has 1 amide bonds. The predicted molar refractivity (Wildman–Crippen MR) is 64.1 cm³/mol. The Morgan fingerprint density at radius 1 is 1.25 bits per heavy atom. The Balaban J connectivity index is 2.15. The third-order valence-electron chi connectivity index (χ3n) is 1.87. The average Bonchev–Trinajstić information content (AvgIpc) is 2.30. The number of amides is 1. The van der Waals surface area contributed by atoms with Crippen LogP contribution in [0.25, 0.3) is 0 Å². The molecule has 0 fully saturated rings. The van der Waals surface area contributed by atoms with Crippen LogP contribution in [0.3, 0.4) is 0 Å². The zero-order valence-corrected chi connectivity index (χ0v) is 9.81. The fourth-order valence-electron chi connectivity index (χ4n) is 1.17. The second-order valence-electron chi connectivity index (χ2n) is 3.04. The summed E-state index contributed by atoms with van der Waals surface area (Å²) >= 11 is 3.21. The minimum atomic E-state index is -0.255. The second-order valence-corrected chi connectivity index (χ2v) is 3.85. The Morgan fingerprint density at radius 3 is 2.81 bits per heavy atom. The van der Waals surface area contributed by atoms with Gasteiger partial charge in [0.15, 0.2) is 0 Å². The minimum absolute atomic E-state index is 0.255. The van der Waals surface area contributed by atoms with Gasteiger partial charge in [0.25, 0.3) is 5.91 Å². The van der Waals surface area contributed by atoms with Crippen molar-refractivity contribution < 1.29 is 4.79 Å². The smallest absolute Gasteiger partial charge is 0.274 e. The first kappa shape index (κ1) is 10.8. The molecule has 2 aromatic heterocycles. The number of carbonyl (C=O) groups excluding carboxylic acids is 1. The molecule has 0 saturated carbocycles. The Kier molecular flexibility index (Phi) is 3.26. The number of carbonyl (C=O) groups is 1. The molecule has 0 aromatic carbocycles. The van der Waals surface area contributed by atoms with Gasteiger partial charge in [-0.3, -0.25) is 9.78 Å². The van der Waals surface area contributed by atoms with Crippen LogP contribution in [-0.4, -0.2) is 15.9 Å². The Bertz CT molecular complexity index is 502. The molecule has 16 heavy (non-hydrogen) atoms. The first-order valence-electron chi connectivity index (χ1n) is 4.59. The molecule has 0 saturated heterocycles. The van der Waals surface area contributed by atoms with Crippen LogP contribution in [0.4, 0.5) is 5.69 Å². The number of halogens is 1. The Morgan fingerprint density at radius 2 is 2.12 bits per heavy atom. The van der Waals surface area contributed by atoms with Crippen molar-refractivity contribution in [3.8, 4) is 0 Å². The quantitative estimate of drug-likeness (QED) is 0.859. The molecule has 0 aliphatic heterocycles.